The third-order valence-electron chi connectivity index (χ3n) is 3.72. The minimum atomic E-state index is -3.21. The van der Waals surface area contributed by atoms with Gasteiger partial charge in [0.25, 0.3) is 0 Å². The zero-order valence-electron chi connectivity index (χ0n) is 12.0. The highest BCUT2D eigenvalue weighted by atomic mass is 32.2. The minimum Gasteiger partial charge on any atom is -0.340 e. The highest BCUT2D eigenvalue weighted by Gasteiger charge is 2.26. The van der Waals surface area contributed by atoms with Gasteiger partial charge in [-0.1, -0.05) is 0 Å². The van der Waals surface area contributed by atoms with Gasteiger partial charge in [-0.2, -0.15) is 0 Å². The summed E-state index contributed by atoms with van der Waals surface area (Å²) in [6.07, 6.45) is 2.81. The van der Waals surface area contributed by atoms with Crippen LogP contribution in [0.1, 0.15) is 12.8 Å². The molecule has 0 aromatic carbocycles. The molecule has 2 aliphatic rings. The molecule has 1 atom stereocenters. The van der Waals surface area contributed by atoms with Gasteiger partial charge in [-0.25, -0.2) is 13.1 Å². The summed E-state index contributed by atoms with van der Waals surface area (Å²) in [7, 11) is -3.21. The summed E-state index contributed by atoms with van der Waals surface area (Å²) in [5, 5.41) is 3.26. The number of hydrogen-bond donors (Lipinski definition) is 2. The van der Waals surface area contributed by atoms with E-state index in [0.29, 0.717) is 13.1 Å². The number of hydrogen-bond acceptors (Lipinski definition) is 5. The van der Waals surface area contributed by atoms with Gasteiger partial charge in [-0.3, -0.25) is 9.69 Å². The van der Waals surface area contributed by atoms with Crippen LogP contribution in [0.4, 0.5) is 0 Å². The van der Waals surface area contributed by atoms with Crippen molar-refractivity contribution in [1.82, 2.24) is 19.8 Å². The van der Waals surface area contributed by atoms with Crippen molar-refractivity contribution in [2.75, 3.05) is 52.1 Å². The first kappa shape index (κ1) is 15.7. The Morgan fingerprint density at radius 3 is 2.65 bits per heavy atom. The van der Waals surface area contributed by atoms with Crippen LogP contribution in [-0.4, -0.2) is 82.2 Å². The maximum Gasteiger partial charge on any atom is 0.236 e. The lowest BCUT2D eigenvalue weighted by atomic mass is 10.1. The van der Waals surface area contributed by atoms with Crippen molar-refractivity contribution in [3.05, 3.63) is 0 Å². The summed E-state index contributed by atoms with van der Waals surface area (Å²) in [5.41, 5.74) is 0. The minimum absolute atomic E-state index is 0.104. The summed E-state index contributed by atoms with van der Waals surface area (Å²) in [4.78, 5) is 16.2. The Morgan fingerprint density at radius 1 is 1.30 bits per heavy atom. The Balaban J connectivity index is 1.83. The van der Waals surface area contributed by atoms with Crippen molar-refractivity contribution in [1.29, 1.82) is 0 Å². The van der Waals surface area contributed by atoms with Gasteiger partial charge in [0.1, 0.15) is 0 Å². The molecule has 1 amide bonds. The molecule has 2 rings (SSSR count). The Morgan fingerprint density at radius 2 is 2.00 bits per heavy atom. The second-order valence-corrected chi connectivity index (χ2v) is 7.38. The van der Waals surface area contributed by atoms with Crippen molar-refractivity contribution < 1.29 is 13.2 Å². The van der Waals surface area contributed by atoms with E-state index in [0.717, 1.165) is 51.8 Å². The van der Waals surface area contributed by atoms with Crippen molar-refractivity contribution in [3.63, 3.8) is 0 Å². The quantitative estimate of drug-likeness (QED) is 0.656. The first-order valence-electron chi connectivity index (χ1n) is 7.12. The van der Waals surface area contributed by atoms with E-state index in [4.69, 9.17) is 0 Å². The van der Waals surface area contributed by atoms with Crippen molar-refractivity contribution in [2.24, 2.45) is 0 Å². The van der Waals surface area contributed by atoms with Crippen molar-refractivity contribution >= 4 is 15.9 Å². The van der Waals surface area contributed by atoms with Gasteiger partial charge in [0.05, 0.1) is 12.8 Å². The molecule has 0 radical (unpaired) electrons. The van der Waals surface area contributed by atoms with E-state index in [9.17, 15) is 13.2 Å². The van der Waals surface area contributed by atoms with Gasteiger partial charge in [0, 0.05) is 45.3 Å². The largest absolute Gasteiger partial charge is 0.340 e. The summed E-state index contributed by atoms with van der Waals surface area (Å²) in [6, 6.07) is -0.147. The second kappa shape index (κ2) is 6.84. The number of carbonyl (C=O) groups is 1. The van der Waals surface area contributed by atoms with E-state index in [1.807, 2.05) is 0 Å². The molecule has 2 saturated heterocycles. The van der Waals surface area contributed by atoms with E-state index in [2.05, 4.69) is 14.9 Å². The molecule has 7 nitrogen and oxygen atoms in total. The van der Waals surface area contributed by atoms with Gasteiger partial charge in [-0.15, -0.1) is 0 Å². The van der Waals surface area contributed by atoms with E-state index in [1.54, 1.807) is 4.90 Å². The molecule has 0 spiro atoms. The van der Waals surface area contributed by atoms with Crippen LogP contribution in [0.25, 0.3) is 0 Å². The van der Waals surface area contributed by atoms with Crippen LogP contribution >= 0.6 is 0 Å². The number of piperidine rings is 1. The predicted molar refractivity (Wildman–Crippen MR) is 76.9 cm³/mol. The van der Waals surface area contributed by atoms with E-state index < -0.39 is 10.0 Å². The fraction of sp³-hybridized carbons (Fsp3) is 0.917. The Hall–Kier alpha value is -0.700. The highest BCUT2D eigenvalue weighted by molar-refractivity contribution is 7.88. The molecule has 8 heteroatoms. The molecule has 2 aliphatic heterocycles. The molecule has 2 N–H and O–H groups in total. The van der Waals surface area contributed by atoms with Crippen LogP contribution in [0.5, 0.6) is 0 Å². The standard InChI is InChI=1S/C12H24N4O3S/c1-20(18,19)14-11-3-2-6-16(9-11)12(17)10-15-7-4-13-5-8-15/h11,13-14H,2-10H2,1H3. The monoisotopic (exact) mass is 304 g/mol. The van der Waals surface area contributed by atoms with Crippen molar-refractivity contribution in [3.8, 4) is 0 Å². The van der Waals surface area contributed by atoms with Crippen LogP contribution in [0.15, 0.2) is 0 Å². The van der Waals surface area contributed by atoms with Crippen molar-refractivity contribution in [2.45, 2.75) is 18.9 Å². The SMILES string of the molecule is CS(=O)(=O)NC1CCCN(C(=O)CN2CCNCC2)C1. The second-order valence-electron chi connectivity index (χ2n) is 5.60. The number of nitrogens with zero attached hydrogens (tertiary/aromatic N) is 2. The van der Waals surface area contributed by atoms with Crippen LogP contribution in [-0.2, 0) is 14.8 Å². The van der Waals surface area contributed by atoms with Gasteiger partial charge in [-0.05, 0) is 12.8 Å². The molecule has 0 bridgehead atoms. The number of nitrogens with one attached hydrogen (secondary N) is 2. The third kappa shape index (κ3) is 5.01. The summed E-state index contributed by atoms with van der Waals surface area (Å²) < 4.78 is 25.1. The molecule has 2 heterocycles. The topological polar surface area (TPSA) is 81.8 Å². The molecule has 116 valence electrons. The third-order valence-corrected chi connectivity index (χ3v) is 4.48. The molecule has 0 aromatic heterocycles. The van der Waals surface area contributed by atoms with E-state index >= 15 is 0 Å². The lowest BCUT2D eigenvalue weighted by molar-refractivity contribution is -0.133. The Kier molecular flexibility index (Phi) is 5.36. The summed E-state index contributed by atoms with van der Waals surface area (Å²) in [6.45, 7) is 5.28. The summed E-state index contributed by atoms with van der Waals surface area (Å²) >= 11 is 0. The first-order valence-corrected chi connectivity index (χ1v) is 9.01. The van der Waals surface area contributed by atoms with E-state index in [-0.39, 0.29) is 11.9 Å². The molecule has 2 fully saturated rings. The molecular weight excluding hydrogens is 280 g/mol. The zero-order valence-corrected chi connectivity index (χ0v) is 12.8. The lowest BCUT2D eigenvalue weighted by Gasteiger charge is -2.35. The maximum atomic E-state index is 12.3. The van der Waals surface area contributed by atoms with Crippen LogP contribution in [0, 0.1) is 0 Å². The number of amides is 1. The Bertz CT molecular complexity index is 434. The van der Waals surface area contributed by atoms with Gasteiger partial charge in [0.15, 0.2) is 0 Å². The fourth-order valence-electron chi connectivity index (χ4n) is 2.76. The summed E-state index contributed by atoms with van der Waals surface area (Å²) in [5.74, 6) is 0.104. The average molecular weight is 304 g/mol. The highest BCUT2D eigenvalue weighted by Crippen LogP contribution is 2.11. The number of carbonyl (C=O) groups excluding carboxylic acids is 1. The molecule has 20 heavy (non-hydrogen) atoms. The normalized spacial score (nSPS) is 25.6. The smallest absolute Gasteiger partial charge is 0.236 e. The lowest BCUT2D eigenvalue weighted by Crippen LogP contribution is -2.53. The maximum absolute atomic E-state index is 12.3. The molecule has 0 aliphatic carbocycles. The predicted octanol–water partition coefficient (Wildman–Crippen LogP) is -1.57. The molecule has 0 aromatic rings. The zero-order chi connectivity index (χ0) is 14.6. The van der Waals surface area contributed by atoms with Gasteiger partial charge in [0.2, 0.25) is 15.9 Å². The number of piperazine rings is 1. The molecule has 0 saturated carbocycles. The fourth-order valence-corrected chi connectivity index (χ4v) is 3.56. The number of likely N-dealkylation sites (tertiary alicyclic amines) is 1. The van der Waals surface area contributed by atoms with Gasteiger partial charge < -0.3 is 10.2 Å². The van der Waals surface area contributed by atoms with Crippen LogP contribution in [0.2, 0.25) is 0 Å². The molecular formula is C12H24N4O3S. The number of sulfonamides is 1. The number of rotatable bonds is 4. The molecule has 1 unspecified atom stereocenters. The van der Waals surface area contributed by atoms with E-state index in [1.165, 1.54) is 0 Å². The van der Waals surface area contributed by atoms with Crippen LogP contribution in [0.3, 0.4) is 0 Å². The average Bonchev–Trinajstić information content (AvgIpc) is 2.38. The van der Waals surface area contributed by atoms with Gasteiger partial charge >= 0.3 is 0 Å². The first-order chi connectivity index (χ1) is 9.44. The van der Waals surface area contributed by atoms with Crippen LogP contribution < -0.4 is 10.0 Å². The Labute approximate surface area is 120 Å².